The Morgan fingerprint density at radius 2 is 2.40 bits per heavy atom. The van der Waals surface area contributed by atoms with Gasteiger partial charge in [-0.3, -0.25) is 4.98 Å². The first-order valence-corrected chi connectivity index (χ1v) is 5.16. The first-order chi connectivity index (χ1) is 7.33. The largest absolute Gasteiger partial charge is 0.480 e. The van der Waals surface area contributed by atoms with Crippen molar-refractivity contribution in [3.8, 4) is 5.88 Å². The Morgan fingerprint density at radius 1 is 1.60 bits per heavy atom. The van der Waals surface area contributed by atoms with Crippen LogP contribution in [0.15, 0.2) is 12.4 Å². The highest BCUT2D eigenvalue weighted by molar-refractivity contribution is 5.35. The molecular formula is C10H16N4O. The SMILES string of the molecule is COc1cncc(NC(CN)C2CC2)n1. The minimum Gasteiger partial charge on any atom is -0.480 e. The minimum absolute atomic E-state index is 0.311. The van der Waals surface area contributed by atoms with Gasteiger partial charge in [-0.25, -0.2) is 0 Å². The maximum atomic E-state index is 5.69. The number of hydrogen-bond acceptors (Lipinski definition) is 5. The molecule has 1 atom stereocenters. The van der Waals surface area contributed by atoms with Gasteiger partial charge in [0.05, 0.1) is 19.5 Å². The summed E-state index contributed by atoms with van der Waals surface area (Å²) in [6, 6.07) is 0.311. The average molecular weight is 208 g/mol. The van der Waals surface area contributed by atoms with E-state index in [1.807, 2.05) is 0 Å². The normalized spacial score (nSPS) is 17.2. The summed E-state index contributed by atoms with van der Waals surface area (Å²) >= 11 is 0. The van der Waals surface area contributed by atoms with Crippen molar-refractivity contribution in [2.24, 2.45) is 11.7 Å². The molecule has 5 nitrogen and oxygen atoms in total. The van der Waals surface area contributed by atoms with E-state index < -0.39 is 0 Å². The van der Waals surface area contributed by atoms with Crippen LogP contribution in [0.2, 0.25) is 0 Å². The summed E-state index contributed by atoms with van der Waals surface area (Å²) in [6.45, 7) is 0.629. The van der Waals surface area contributed by atoms with E-state index in [0.29, 0.717) is 24.4 Å². The molecule has 1 aliphatic carbocycles. The molecule has 15 heavy (non-hydrogen) atoms. The summed E-state index contributed by atoms with van der Waals surface area (Å²) in [5.74, 6) is 1.95. The van der Waals surface area contributed by atoms with Crippen molar-refractivity contribution in [1.29, 1.82) is 0 Å². The first-order valence-electron chi connectivity index (χ1n) is 5.16. The number of nitrogens with two attached hydrogens (primary N) is 1. The number of ether oxygens (including phenoxy) is 1. The van der Waals surface area contributed by atoms with Gasteiger partial charge in [-0.05, 0) is 18.8 Å². The second-order valence-electron chi connectivity index (χ2n) is 3.77. The molecule has 1 aliphatic rings. The number of hydrogen-bond donors (Lipinski definition) is 2. The minimum atomic E-state index is 0.311. The van der Waals surface area contributed by atoms with Crippen LogP contribution in [0.4, 0.5) is 5.82 Å². The lowest BCUT2D eigenvalue weighted by atomic mass is 10.2. The van der Waals surface area contributed by atoms with Crippen LogP contribution in [0, 0.1) is 5.92 Å². The number of methoxy groups -OCH3 is 1. The second kappa shape index (κ2) is 4.44. The van der Waals surface area contributed by atoms with Gasteiger partial charge < -0.3 is 15.8 Å². The van der Waals surface area contributed by atoms with Gasteiger partial charge in [0.15, 0.2) is 0 Å². The van der Waals surface area contributed by atoms with Crippen molar-refractivity contribution in [2.75, 3.05) is 19.0 Å². The molecule has 0 spiro atoms. The van der Waals surface area contributed by atoms with Crippen LogP contribution >= 0.6 is 0 Å². The highest BCUT2D eigenvalue weighted by Crippen LogP contribution is 2.33. The number of nitrogens with one attached hydrogen (secondary N) is 1. The van der Waals surface area contributed by atoms with Crippen molar-refractivity contribution < 1.29 is 4.74 Å². The molecule has 0 bridgehead atoms. The molecular weight excluding hydrogens is 192 g/mol. The van der Waals surface area contributed by atoms with E-state index in [1.165, 1.54) is 12.8 Å². The number of rotatable bonds is 5. The van der Waals surface area contributed by atoms with Crippen LogP contribution in [-0.2, 0) is 0 Å². The summed E-state index contributed by atoms with van der Waals surface area (Å²) in [7, 11) is 1.58. The maximum Gasteiger partial charge on any atom is 0.233 e. The van der Waals surface area contributed by atoms with E-state index in [0.717, 1.165) is 5.82 Å². The molecule has 1 aromatic rings. The Kier molecular flexibility index (Phi) is 3.01. The maximum absolute atomic E-state index is 5.69. The predicted molar refractivity (Wildman–Crippen MR) is 57.8 cm³/mol. The van der Waals surface area contributed by atoms with Crippen LogP contribution < -0.4 is 15.8 Å². The summed E-state index contributed by atoms with van der Waals surface area (Å²) in [6.07, 6.45) is 5.78. The smallest absolute Gasteiger partial charge is 0.233 e. The molecule has 3 N–H and O–H groups in total. The molecule has 82 valence electrons. The third-order valence-corrected chi connectivity index (χ3v) is 2.60. The van der Waals surface area contributed by atoms with Gasteiger partial charge in [0, 0.05) is 12.6 Å². The highest BCUT2D eigenvalue weighted by atomic mass is 16.5. The molecule has 1 saturated carbocycles. The Morgan fingerprint density at radius 3 is 3.00 bits per heavy atom. The van der Waals surface area contributed by atoms with E-state index in [4.69, 9.17) is 10.5 Å². The molecule has 2 rings (SSSR count). The van der Waals surface area contributed by atoms with E-state index in [1.54, 1.807) is 19.5 Å². The molecule has 1 heterocycles. The van der Waals surface area contributed by atoms with Crippen molar-refractivity contribution in [3.63, 3.8) is 0 Å². The Balaban J connectivity index is 2.01. The van der Waals surface area contributed by atoms with Gasteiger partial charge in [-0.15, -0.1) is 0 Å². The molecule has 1 fully saturated rings. The molecule has 0 amide bonds. The molecule has 0 aromatic carbocycles. The van der Waals surface area contributed by atoms with Gasteiger partial charge >= 0.3 is 0 Å². The zero-order chi connectivity index (χ0) is 10.7. The van der Waals surface area contributed by atoms with Crippen LogP contribution in [0.3, 0.4) is 0 Å². The van der Waals surface area contributed by atoms with Gasteiger partial charge in [0.2, 0.25) is 5.88 Å². The zero-order valence-corrected chi connectivity index (χ0v) is 8.81. The van der Waals surface area contributed by atoms with Crippen LogP contribution in [0.1, 0.15) is 12.8 Å². The summed E-state index contributed by atoms with van der Waals surface area (Å²) in [4.78, 5) is 8.27. The first kappa shape index (κ1) is 10.2. The summed E-state index contributed by atoms with van der Waals surface area (Å²) < 4.78 is 5.00. The quantitative estimate of drug-likeness (QED) is 0.742. The lowest BCUT2D eigenvalue weighted by molar-refractivity contribution is 0.396. The van der Waals surface area contributed by atoms with Gasteiger partial charge in [0.25, 0.3) is 0 Å². The molecule has 0 radical (unpaired) electrons. The second-order valence-corrected chi connectivity index (χ2v) is 3.77. The van der Waals surface area contributed by atoms with Crippen molar-refractivity contribution in [3.05, 3.63) is 12.4 Å². The van der Waals surface area contributed by atoms with E-state index in [2.05, 4.69) is 15.3 Å². The fourth-order valence-corrected chi connectivity index (χ4v) is 1.57. The number of aromatic nitrogens is 2. The van der Waals surface area contributed by atoms with Crippen LogP contribution in [0.5, 0.6) is 5.88 Å². The third kappa shape index (κ3) is 2.56. The molecule has 5 heteroatoms. The summed E-state index contributed by atoms with van der Waals surface area (Å²) in [5.41, 5.74) is 5.69. The Labute approximate surface area is 89.1 Å². The lowest BCUT2D eigenvalue weighted by Gasteiger charge is -2.16. The molecule has 1 unspecified atom stereocenters. The van der Waals surface area contributed by atoms with Gasteiger partial charge in [-0.2, -0.15) is 4.98 Å². The van der Waals surface area contributed by atoms with Crippen molar-refractivity contribution >= 4 is 5.82 Å². The topological polar surface area (TPSA) is 73.1 Å². The molecule has 1 aromatic heterocycles. The fraction of sp³-hybridized carbons (Fsp3) is 0.600. The monoisotopic (exact) mass is 208 g/mol. The fourth-order valence-electron chi connectivity index (χ4n) is 1.57. The molecule has 0 saturated heterocycles. The average Bonchev–Trinajstić information content (AvgIpc) is 3.10. The van der Waals surface area contributed by atoms with E-state index in [9.17, 15) is 0 Å². The van der Waals surface area contributed by atoms with Crippen molar-refractivity contribution in [1.82, 2.24) is 9.97 Å². The lowest BCUT2D eigenvalue weighted by Crippen LogP contribution is -2.31. The van der Waals surface area contributed by atoms with E-state index in [-0.39, 0.29) is 0 Å². The number of anilines is 1. The number of nitrogens with zero attached hydrogens (tertiary/aromatic N) is 2. The van der Waals surface area contributed by atoms with Crippen LogP contribution in [0.25, 0.3) is 0 Å². The van der Waals surface area contributed by atoms with Gasteiger partial charge in [0.1, 0.15) is 5.82 Å². The Bertz CT molecular complexity index is 327. The third-order valence-electron chi connectivity index (χ3n) is 2.60. The predicted octanol–water partition coefficient (Wildman–Crippen LogP) is 0.634. The highest BCUT2D eigenvalue weighted by Gasteiger charge is 2.30. The van der Waals surface area contributed by atoms with Crippen molar-refractivity contribution in [2.45, 2.75) is 18.9 Å². The zero-order valence-electron chi connectivity index (χ0n) is 8.81. The Hall–Kier alpha value is -1.36. The summed E-state index contributed by atoms with van der Waals surface area (Å²) in [5, 5.41) is 3.29. The standard InChI is InChI=1S/C10H16N4O/c1-15-10-6-12-5-9(14-10)13-8(4-11)7-2-3-7/h5-8H,2-4,11H2,1H3,(H,13,14). The van der Waals surface area contributed by atoms with E-state index >= 15 is 0 Å². The molecule has 0 aliphatic heterocycles. The van der Waals surface area contributed by atoms with Gasteiger partial charge in [-0.1, -0.05) is 0 Å². The van der Waals surface area contributed by atoms with Crippen LogP contribution in [-0.4, -0.2) is 29.7 Å².